The molecule has 0 saturated carbocycles. The number of carbonyl (C=O) groups excluding carboxylic acids is 1. The largest absolute Gasteiger partial charge is 0.322 e. The average molecular weight is 376 g/mol. The van der Waals surface area contributed by atoms with E-state index in [1.54, 1.807) is 12.1 Å². The predicted molar refractivity (Wildman–Crippen MR) is 93.1 cm³/mol. The molecule has 0 aliphatic carbocycles. The van der Waals surface area contributed by atoms with Crippen LogP contribution in [0, 0.1) is 17.0 Å². The van der Waals surface area contributed by atoms with Gasteiger partial charge in [-0.15, -0.1) is 5.10 Å². The normalized spacial score (nSPS) is 10.7. The number of nitrogens with zero attached hydrogens (tertiary/aromatic N) is 6. The molecule has 0 radical (unpaired) electrons. The SMILES string of the molecule is Cc1c([N+](=O)[O-])c(C(=O)Nc2ncn(Cc3cccc(Cl)c3)n2)nn1C. The number of carbonyl (C=O) groups is 1. The van der Waals surface area contributed by atoms with Crippen molar-refractivity contribution >= 4 is 29.1 Å². The van der Waals surface area contributed by atoms with Crippen molar-refractivity contribution < 1.29 is 9.72 Å². The standard InChI is InChI=1S/C15H14ClN7O3/c1-9-13(23(25)26)12(19-21(9)2)14(24)18-15-17-8-22(20-15)7-10-4-3-5-11(16)6-10/h3-6,8H,7H2,1-2H3,(H,18,20,24). The van der Waals surface area contributed by atoms with Crippen molar-refractivity contribution in [1.29, 1.82) is 0 Å². The van der Waals surface area contributed by atoms with Crippen LogP contribution in [0.15, 0.2) is 30.6 Å². The summed E-state index contributed by atoms with van der Waals surface area (Å²) < 4.78 is 2.79. The zero-order valence-electron chi connectivity index (χ0n) is 13.9. The molecule has 0 atom stereocenters. The van der Waals surface area contributed by atoms with E-state index in [-0.39, 0.29) is 23.0 Å². The molecule has 1 amide bonds. The summed E-state index contributed by atoms with van der Waals surface area (Å²) in [6.45, 7) is 1.92. The summed E-state index contributed by atoms with van der Waals surface area (Å²) >= 11 is 5.94. The van der Waals surface area contributed by atoms with Gasteiger partial charge >= 0.3 is 5.69 Å². The molecule has 0 unspecified atom stereocenters. The Labute approximate surface area is 152 Å². The summed E-state index contributed by atoms with van der Waals surface area (Å²) in [5.41, 5.74) is 0.556. The number of hydrogen-bond acceptors (Lipinski definition) is 6. The van der Waals surface area contributed by atoms with Crippen LogP contribution in [-0.2, 0) is 13.6 Å². The number of hydrogen-bond donors (Lipinski definition) is 1. The fourth-order valence-electron chi connectivity index (χ4n) is 2.38. The molecule has 0 aliphatic heterocycles. The van der Waals surface area contributed by atoms with Gasteiger partial charge in [0.05, 0.1) is 11.5 Å². The molecular formula is C15H14ClN7O3. The highest BCUT2D eigenvalue weighted by molar-refractivity contribution is 6.30. The zero-order valence-corrected chi connectivity index (χ0v) is 14.6. The summed E-state index contributed by atoms with van der Waals surface area (Å²) in [5, 5.41) is 22.2. The van der Waals surface area contributed by atoms with E-state index < -0.39 is 10.8 Å². The van der Waals surface area contributed by atoms with Crippen molar-refractivity contribution in [3.8, 4) is 0 Å². The molecule has 11 heteroatoms. The van der Waals surface area contributed by atoms with Crippen molar-refractivity contribution in [2.45, 2.75) is 13.5 Å². The zero-order chi connectivity index (χ0) is 18.8. The Hall–Kier alpha value is -3.27. The first kappa shape index (κ1) is 17.5. The van der Waals surface area contributed by atoms with Crippen LogP contribution in [0.2, 0.25) is 5.02 Å². The fourth-order valence-corrected chi connectivity index (χ4v) is 2.59. The van der Waals surface area contributed by atoms with Gasteiger partial charge in [-0.05, 0) is 24.6 Å². The molecule has 3 rings (SSSR count). The van der Waals surface area contributed by atoms with E-state index in [1.807, 2.05) is 12.1 Å². The van der Waals surface area contributed by atoms with Crippen LogP contribution < -0.4 is 5.32 Å². The Morgan fingerprint density at radius 2 is 2.15 bits per heavy atom. The summed E-state index contributed by atoms with van der Waals surface area (Å²) in [6, 6.07) is 7.26. The molecule has 0 bridgehead atoms. The van der Waals surface area contributed by atoms with Crippen molar-refractivity contribution in [3.05, 3.63) is 62.7 Å². The highest BCUT2D eigenvalue weighted by atomic mass is 35.5. The Kier molecular flexibility index (Phi) is 4.67. The number of nitro groups is 1. The molecule has 1 N–H and O–H groups in total. The molecule has 2 heterocycles. The van der Waals surface area contributed by atoms with Crippen molar-refractivity contribution in [1.82, 2.24) is 24.5 Å². The quantitative estimate of drug-likeness (QED) is 0.539. The minimum absolute atomic E-state index is 0.0228. The highest BCUT2D eigenvalue weighted by Crippen LogP contribution is 2.22. The fraction of sp³-hybridized carbons (Fsp3) is 0.200. The Bertz CT molecular complexity index is 995. The molecule has 134 valence electrons. The number of anilines is 1. The second-order valence-electron chi connectivity index (χ2n) is 5.51. The first-order valence-electron chi connectivity index (χ1n) is 7.48. The van der Waals surface area contributed by atoms with Gasteiger partial charge in [-0.2, -0.15) is 5.10 Å². The van der Waals surface area contributed by atoms with E-state index in [1.165, 1.54) is 29.7 Å². The predicted octanol–water partition coefficient (Wildman–Crippen LogP) is 2.18. The van der Waals surface area contributed by atoms with Crippen molar-refractivity contribution in [2.75, 3.05) is 5.32 Å². The number of rotatable bonds is 5. The van der Waals surface area contributed by atoms with Gasteiger partial charge in [-0.3, -0.25) is 24.9 Å². The molecule has 3 aromatic rings. The number of halogens is 1. The van der Waals surface area contributed by atoms with Gasteiger partial charge in [0, 0.05) is 12.1 Å². The van der Waals surface area contributed by atoms with Gasteiger partial charge in [0.2, 0.25) is 11.6 Å². The van der Waals surface area contributed by atoms with E-state index in [4.69, 9.17) is 11.6 Å². The van der Waals surface area contributed by atoms with Gasteiger partial charge in [0.25, 0.3) is 5.91 Å². The first-order chi connectivity index (χ1) is 12.3. The molecule has 0 aliphatic rings. The molecule has 0 spiro atoms. The lowest BCUT2D eigenvalue weighted by Gasteiger charge is -2.01. The van der Waals surface area contributed by atoms with E-state index >= 15 is 0 Å². The van der Waals surface area contributed by atoms with Crippen LogP contribution in [0.3, 0.4) is 0 Å². The van der Waals surface area contributed by atoms with E-state index in [0.717, 1.165) is 5.56 Å². The molecule has 0 saturated heterocycles. The summed E-state index contributed by atoms with van der Waals surface area (Å²) in [4.78, 5) is 26.8. The average Bonchev–Trinajstić information content (AvgIpc) is 3.12. The van der Waals surface area contributed by atoms with Gasteiger partial charge in [-0.1, -0.05) is 23.7 Å². The summed E-state index contributed by atoms with van der Waals surface area (Å²) in [7, 11) is 1.52. The maximum Gasteiger partial charge on any atom is 0.322 e. The second-order valence-corrected chi connectivity index (χ2v) is 5.95. The maximum absolute atomic E-state index is 12.3. The second kappa shape index (κ2) is 6.92. The topological polar surface area (TPSA) is 121 Å². The molecule has 10 nitrogen and oxygen atoms in total. The van der Waals surface area contributed by atoms with Crippen LogP contribution in [0.25, 0.3) is 0 Å². The van der Waals surface area contributed by atoms with Gasteiger partial charge < -0.3 is 0 Å². The third-order valence-corrected chi connectivity index (χ3v) is 3.93. The lowest BCUT2D eigenvalue weighted by atomic mass is 10.2. The maximum atomic E-state index is 12.3. The monoisotopic (exact) mass is 375 g/mol. The number of benzene rings is 1. The number of amides is 1. The number of aromatic nitrogens is 5. The molecule has 2 aromatic heterocycles. The molecule has 0 fully saturated rings. The molecule has 1 aromatic carbocycles. The Morgan fingerprint density at radius 1 is 1.38 bits per heavy atom. The highest BCUT2D eigenvalue weighted by Gasteiger charge is 2.29. The smallest absolute Gasteiger partial charge is 0.287 e. The van der Waals surface area contributed by atoms with Crippen LogP contribution in [0.4, 0.5) is 11.6 Å². The Balaban J connectivity index is 1.76. The van der Waals surface area contributed by atoms with Crippen LogP contribution in [-0.4, -0.2) is 35.4 Å². The lowest BCUT2D eigenvalue weighted by Crippen LogP contribution is -2.16. The third-order valence-electron chi connectivity index (χ3n) is 3.70. The van der Waals surface area contributed by atoms with Crippen molar-refractivity contribution in [2.24, 2.45) is 7.05 Å². The van der Waals surface area contributed by atoms with Crippen LogP contribution >= 0.6 is 11.6 Å². The Morgan fingerprint density at radius 3 is 2.85 bits per heavy atom. The minimum Gasteiger partial charge on any atom is -0.287 e. The summed E-state index contributed by atoms with van der Waals surface area (Å²) in [5.74, 6) is -0.726. The lowest BCUT2D eigenvalue weighted by molar-refractivity contribution is -0.385. The van der Waals surface area contributed by atoms with E-state index in [9.17, 15) is 14.9 Å². The van der Waals surface area contributed by atoms with Gasteiger partial charge in [-0.25, -0.2) is 9.67 Å². The molecular weight excluding hydrogens is 362 g/mol. The number of aryl methyl sites for hydroxylation is 1. The number of nitrogens with one attached hydrogen (secondary N) is 1. The first-order valence-corrected chi connectivity index (χ1v) is 7.86. The van der Waals surface area contributed by atoms with Crippen molar-refractivity contribution in [3.63, 3.8) is 0 Å². The van der Waals surface area contributed by atoms with Crippen LogP contribution in [0.1, 0.15) is 21.7 Å². The van der Waals surface area contributed by atoms with E-state index in [2.05, 4.69) is 20.5 Å². The van der Waals surface area contributed by atoms with Crippen LogP contribution in [0.5, 0.6) is 0 Å². The minimum atomic E-state index is -0.749. The van der Waals surface area contributed by atoms with Gasteiger partial charge in [0.15, 0.2) is 0 Å². The third kappa shape index (κ3) is 3.54. The molecule has 26 heavy (non-hydrogen) atoms. The summed E-state index contributed by atoms with van der Waals surface area (Å²) in [6.07, 6.45) is 1.44. The van der Waals surface area contributed by atoms with E-state index in [0.29, 0.717) is 11.6 Å². The van der Waals surface area contributed by atoms with Gasteiger partial charge in [0.1, 0.15) is 12.0 Å².